The Kier molecular flexibility index (Phi) is 5.23. The molecule has 3 N–H and O–H groups in total. The van der Waals surface area contributed by atoms with E-state index in [1.165, 1.54) is 23.9 Å². The summed E-state index contributed by atoms with van der Waals surface area (Å²) in [5, 5.41) is 13.9. The number of tetrazole rings is 1. The van der Waals surface area contributed by atoms with Gasteiger partial charge >= 0.3 is 0 Å². The van der Waals surface area contributed by atoms with Gasteiger partial charge in [-0.15, -0.1) is 26.8 Å². The number of aromatic nitrogens is 4. The van der Waals surface area contributed by atoms with Crippen molar-refractivity contribution in [3.63, 3.8) is 0 Å². The van der Waals surface area contributed by atoms with Gasteiger partial charge in [0.05, 0.1) is 11.4 Å². The largest absolute Gasteiger partial charge is 0.363 e. The van der Waals surface area contributed by atoms with Crippen LogP contribution in [0.4, 0.5) is 10.1 Å². The number of anilines is 1. The number of hydrogen-bond acceptors (Lipinski definition) is 6. The van der Waals surface area contributed by atoms with Gasteiger partial charge in [-0.05, 0) is 53.7 Å². The minimum atomic E-state index is -0.765. The normalized spacial score (nSPS) is 10.5. The number of halogens is 1. The third-order valence-electron chi connectivity index (χ3n) is 3.20. The maximum atomic E-state index is 12.8. The topological polar surface area (TPSA) is 116 Å². The number of nitrogens with zero attached hydrogens (tertiary/aromatic N) is 4. The van der Waals surface area contributed by atoms with Crippen LogP contribution in [0.3, 0.4) is 0 Å². The molecule has 0 spiro atoms. The summed E-state index contributed by atoms with van der Waals surface area (Å²) in [6, 6.07) is 12.6. The molecular weight excluding hydrogens is 359 g/mol. The molecule has 0 unspecified atom stereocenters. The van der Waals surface area contributed by atoms with E-state index in [2.05, 4.69) is 20.7 Å². The van der Waals surface area contributed by atoms with Crippen LogP contribution in [0.5, 0.6) is 0 Å². The number of benzene rings is 2. The molecule has 0 bridgehead atoms. The minimum Gasteiger partial charge on any atom is -0.363 e. The second-order valence-electron chi connectivity index (χ2n) is 5.10. The Morgan fingerprint density at radius 3 is 2.42 bits per heavy atom. The molecule has 10 heteroatoms. The summed E-state index contributed by atoms with van der Waals surface area (Å²) in [5.41, 5.74) is 6.23. The van der Waals surface area contributed by atoms with Gasteiger partial charge in [0, 0.05) is 10.6 Å². The monoisotopic (exact) mass is 372 g/mol. The zero-order valence-corrected chi connectivity index (χ0v) is 14.1. The lowest BCUT2D eigenvalue weighted by Crippen LogP contribution is -2.14. The van der Waals surface area contributed by atoms with Gasteiger partial charge in [0.25, 0.3) is 11.7 Å². The predicted octanol–water partition coefficient (Wildman–Crippen LogP) is 1.63. The number of hydrogen-bond donors (Lipinski definition) is 2. The molecule has 1 aromatic heterocycles. The smallest absolute Gasteiger partial charge is 0.290 e. The summed E-state index contributed by atoms with van der Waals surface area (Å²) in [7, 11) is 0. The molecule has 0 fully saturated rings. The molecule has 0 saturated carbocycles. The lowest BCUT2D eigenvalue weighted by molar-refractivity contribution is -0.113. The van der Waals surface area contributed by atoms with Crippen LogP contribution in [0.1, 0.15) is 10.6 Å². The Morgan fingerprint density at radius 1 is 1.12 bits per heavy atom. The number of rotatable bonds is 6. The van der Waals surface area contributed by atoms with Gasteiger partial charge in [0.1, 0.15) is 5.82 Å². The standard InChI is InChI=1S/C16H13FN6O2S/c17-10-1-7-13(8-2-10)26-9-14(24)19-11-3-5-12(6-4-11)23-21-16(15(18)25)20-22-23/h1-8H,9H2,(H2,18,25)(H,19,24). The SMILES string of the molecule is NC(=O)c1nnn(-c2ccc(NC(=O)CSc3ccc(F)cc3)cc2)n1. The molecule has 132 valence electrons. The van der Waals surface area contributed by atoms with Crippen LogP contribution < -0.4 is 11.1 Å². The summed E-state index contributed by atoms with van der Waals surface area (Å²) in [6.07, 6.45) is 0. The van der Waals surface area contributed by atoms with Crippen LogP contribution >= 0.6 is 11.8 Å². The summed E-state index contributed by atoms with van der Waals surface area (Å²) in [6.45, 7) is 0. The van der Waals surface area contributed by atoms with Gasteiger partial charge in [-0.25, -0.2) is 4.39 Å². The Morgan fingerprint density at radius 2 is 1.81 bits per heavy atom. The van der Waals surface area contributed by atoms with Crippen molar-refractivity contribution in [1.82, 2.24) is 20.2 Å². The van der Waals surface area contributed by atoms with Gasteiger partial charge in [0.15, 0.2) is 0 Å². The second kappa shape index (κ2) is 7.74. The van der Waals surface area contributed by atoms with E-state index in [0.29, 0.717) is 11.4 Å². The molecule has 0 atom stereocenters. The van der Waals surface area contributed by atoms with Crippen molar-refractivity contribution < 1.29 is 14.0 Å². The number of carbonyl (C=O) groups excluding carboxylic acids is 2. The molecule has 0 aliphatic carbocycles. The Hall–Kier alpha value is -3.27. The van der Waals surface area contributed by atoms with E-state index in [9.17, 15) is 14.0 Å². The van der Waals surface area contributed by atoms with Crippen molar-refractivity contribution >= 4 is 29.3 Å². The van der Waals surface area contributed by atoms with Crippen molar-refractivity contribution in [3.05, 3.63) is 60.2 Å². The first-order valence-corrected chi connectivity index (χ1v) is 8.38. The number of nitrogens with one attached hydrogen (secondary N) is 1. The summed E-state index contributed by atoms with van der Waals surface area (Å²) >= 11 is 1.31. The number of thioether (sulfide) groups is 1. The van der Waals surface area contributed by atoms with Crippen LogP contribution in [0, 0.1) is 5.82 Å². The molecule has 0 radical (unpaired) electrons. The molecule has 0 aliphatic rings. The molecule has 3 aromatic rings. The fourth-order valence-corrected chi connectivity index (χ4v) is 2.68. The molecule has 8 nitrogen and oxygen atoms in total. The first kappa shape index (κ1) is 17.5. The van der Waals surface area contributed by atoms with E-state index in [0.717, 1.165) is 9.69 Å². The molecule has 26 heavy (non-hydrogen) atoms. The number of amides is 2. The van der Waals surface area contributed by atoms with Gasteiger partial charge in [-0.3, -0.25) is 9.59 Å². The lowest BCUT2D eigenvalue weighted by atomic mass is 10.3. The highest BCUT2D eigenvalue weighted by atomic mass is 32.2. The van der Waals surface area contributed by atoms with Crippen LogP contribution in [0.15, 0.2) is 53.4 Å². The summed E-state index contributed by atoms with van der Waals surface area (Å²) < 4.78 is 12.8. The first-order chi connectivity index (χ1) is 12.5. The molecule has 1 heterocycles. The number of carbonyl (C=O) groups is 2. The van der Waals surface area contributed by atoms with Crippen molar-refractivity contribution in [2.75, 3.05) is 11.1 Å². The summed E-state index contributed by atoms with van der Waals surface area (Å²) in [5.74, 6) is -1.26. The average Bonchev–Trinajstić information content (AvgIpc) is 3.12. The highest BCUT2D eigenvalue weighted by Crippen LogP contribution is 2.19. The van der Waals surface area contributed by atoms with Crippen molar-refractivity contribution in [2.45, 2.75) is 4.90 Å². The van der Waals surface area contributed by atoms with E-state index >= 15 is 0 Å². The minimum absolute atomic E-state index is 0.180. The van der Waals surface area contributed by atoms with Crippen LogP contribution in [-0.4, -0.2) is 37.8 Å². The molecule has 0 aliphatic heterocycles. The number of primary amides is 1. The number of nitrogens with two attached hydrogens (primary N) is 1. The third kappa shape index (κ3) is 4.42. The van der Waals surface area contributed by atoms with E-state index in [-0.39, 0.29) is 23.3 Å². The van der Waals surface area contributed by atoms with Crippen molar-refractivity contribution in [1.29, 1.82) is 0 Å². The Balaban J connectivity index is 1.57. The Bertz CT molecular complexity index is 927. The van der Waals surface area contributed by atoms with Gasteiger partial charge < -0.3 is 11.1 Å². The van der Waals surface area contributed by atoms with E-state index in [4.69, 9.17) is 5.73 Å². The van der Waals surface area contributed by atoms with E-state index in [1.54, 1.807) is 36.4 Å². The molecule has 3 rings (SSSR count). The quantitative estimate of drug-likeness (QED) is 0.636. The van der Waals surface area contributed by atoms with Gasteiger partial charge in [-0.2, -0.15) is 0 Å². The fourth-order valence-electron chi connectivity index (χ4n) is 1.98. The fraction of sp³-hybridized carbons (Fsp3) is 0.0625. The highest BCUT2D eigenvalue weighted by molar-refractivity contribution is 8.00. The second-order valence-corrected chi connectivity index (χ2v) is 6.15. The van der Waals surface area contributed by atoms with E-state index in [1.807, 2.05) is 0 Å². The van der Waals surface area contributed by atoms with Crippen molar-refractivity contribution in [3.8, 4) is 5.69 Å². The van der Waals surface area contributed by atoms with Crippen LogP contribution in [-0.2, 0) is 4.79 Å². The van der Waals surface area contributed by atoms with Crippen LogP contribution in [0.25, 0.3) is 5.69 Å². The molecule has 0 saturated heterocycles. The zero-order chi connectivity index (χ0) is 18.5. The van der Waals surface area contributed by atoms with Gasteiger partial charge in [-0.1, -0.05) is 0 Å². The van der Waals surface area contributed by atoms with Crippen molar-refractivity contribution in [2.24, 2.45) is 5.73 Å². The van der Waals surface area contributed by atoms with E-state index < -0.39 is 5.91 Å². The average molecular weight is 372 g/mol. The zero-order valence-electron chi connectivity index (χ0n) is 13.3. The third-order valence-corrected chi connectivity index (χ3v) is 4.21. The molecule has 2 aromatic carbocycles. The lowest BCUT2D eigenvalue weighted by Gasteiger charge is -2.06. The first-order valence-electron chi connectivity index (χ1n) is 7.40. The van der Waals surface area contributed by atoms with Crippen LogP contribution in [0.2, 0.25) is 0 Å². The maximum Gasteiger partial charge on any atom is 0.290 e. The summed E-state index contributed by atoms with van der Waals surface area (Å²) in [4.78, 5) is 24.9. The van der Waals surface area contributed by atoms with Gasteiger partial charge in [0.2, 0.25) is 5.91 Å². The highest BCUT2D eigenvalue weighted by Gasteiger charge is 2.10. The maximum absolute atomic E-state index is 12.8. The molecular formula is C16H13FN6O2S. The molecule has 2 amide bonds. The predicted molar refractivity (Wildman–Crippen MR) is 93.4 cm³/mol. The Labute approximate surface area is 151 Å².